The Morgan fingerprint density at radius 1 is 1.24 bits per heavy atom. The molecule has 1 aliphatic rings. The maximum Gasteiger partial charge on any atom is 0.266 e. The van der Waals surface area contributed by atoms with Gasteiger partial charge >= 0.3 is 0 Å². The van der Waals surface area contributed by atoms with Crippen LogP contribution in [0.25, 0.3) is 17.3 Å². The molecule has 0 aliphatic carbocycles. The molecule has 0 radical (unpaired) electrons. The minimum absolute atomic E-state index is 0.0418. The predicted octanol–water partition coefficient (Wildman–Crippen LogP) is 4.09. The molecule has 9 heteroatoms. The Morgan fingerprint density at radius 2 is 2.03 bits per heavy atom. The van der Waals surface area contributed by atoms with E-state index >= 15 is 0 Å². The summed E-state index contributed by atoms with van der Waals surface area (Å²) in [5.41, 5.74) is 2.29. The molecule has 0 saturated carbocycles. The first-order valence-corrected chi connectivity index (χ1v) is 11.2. The number of imidazole rings is 1. The van der Waals surface area contributed by atoms with Crippen LogP contribution in [-0.2, 0) is 4.79 Å². The van der Waals surface area contributed by atoms with Crippen LogP contribution in [0.4, 0.5) is 5.88 Å². The highest BCUT2D eigenvalue weighted by molar-refractivity contribution is 5.79. The van der Waals surface area contributed by atoms with Gasteiger partial charge in [-0.15, -0.1) is 0 Å². The molecule has 4 heterocycles. The molecule has 0 spiro atoms. The van der Waals surface area contributed by atoms with Crippen molar-refractivity contribution in [2.24, 2.45) is 5.92 Å². The molecule has 4 aromatic rings. The molecule has 9 nitrogen and oxygen atoms in total. The fraction of sp³-hybridized carbons (Fsp3) is 0.280. The van der Waals surface area contributed by atoms with E-state index in [1.807, 2.05) is 46.9 Å². The van der Waals surface area contributed by atoms with Crippen LogP contribution in [0.2, 0.25) is 0 Å². The summed E-state index contributed by atoms with van der Waals surface area (Å²) in [6.45, 7) is 3.20. The highest BCUT2D eigenvalue weighted by Gasteiger charge is 2.30. The van der Waals surface area contributed by atoms with Crippen LogP contribution in [0.1, 0.15) is 37.1 Å². The third-order valence-corrected chi connectivity index (χ3v) is 6.15. The smallest absolute Gasteiger partial charge is 0.266 e. The van der Waals surface area contributed by atoms with Gasteiger partial charge in [0, 0.05) is 37.1 Å². The van der Waals surface area contributed by atoms with Gasteiger partial charge in [0.2, 0.25) is 17.5 Å². The van der Waals surface area contributed by atoms with Crippen molar-refractivity contribution in [1.82, 2.24) is 19.9 Å². The fourth-order valence-corrected chi connectivity index (χ4v) is 4.21. The van der Waals surface area contributed by atoms with Crippen molar-refractivity contribution in [1.29, 1.82) is 5.26 Å². The molecule has 1 saturated heterocycles. The standard InChI is InChI=1S/C25H24N6O3/c1-17(18-4-6-20(7-5-18)31-13-10-27-16-31)28-23(32)19-8-11-30(12-9-19)25-21(15-26)29-24(34-25)22-3-2-14-33-22/h2-7,10,13-14,16-17,19H,8-9,11-12H2,1H3,(H,28,32). The van der Waals surface area contributed by atoms with Gasteiger partial charge in [-0.1, -0.05) is 12.1 Å². The number of furan rings is 1. The van der Waals surface area contributed by atoms with Crippen molar-refractivity contribution >= 4 is 11.8 Å². The van der Waals surface area contributed by atoms with Gasteiger partial charge in [-0.2, -0.15) is 10.2 Å². The van der Waals surface area contributed by atoms with Crippen LogP contribution in [0.3, 0.4) is 0 Å². The van der Waals surface area contributed by atoms with E-state index in [-0.39, 0.29) is 29.5 Å². The average Bonchev–Trinajstić information content (AvgIpc) is 3.65. The number of benzene rings is 1. The number of hydrogen-bond donors (Lipinski definition) is 1. The third-order valence-electron chi connectivity index (χ3n) is 6.15. The summed E-state index contributed by atoms with van der Waals surface area (Å²) in [6.07, 6.45) is 8.25. The van der Waals surface area contributed by atoms with Crippen LogP contribution in [0, 0.1) is 17.2 Å². The van der Waals surface area contributed by atoms with Gasteiger partial charge in [0.15, 0.2) is 5.76 Å². The van der Waals surface area contributed by atoms with Gasteiger partial charge in [-0.25, -0.2) is 4.98 Å². The first kappa shape index (κ1) is 21.5. The predicted molar refractivity (Wildman–Crippen MR) is 124 cm³/mol. The number of oxazole rings is 1. The molecule has 1 unspecified atom stereocenters. The number of carbonyl (C=O) groups excluding carboxylic acids is 1. The van der Waals surface area contributed by atoms with E-state index in [0.29, 0.717) is 37.6 Å². The molecule has 5 rings (SSSR count). The summed E-state index contributed by atoms with van der Waals surface area (Å²) in [6, 6.07) is 13.5. The maximum absolute atomic E-state index is 12.9. The molecule has 34 heavy (non-hydrogen) atoms. The van der Waals surface area contributed by atoms with Gasteiger partial charge in [0.25, 0.3) is 5.89 Å². The number of nitrogens with one attached hydrogen (secondary N) is 1. The molecule has 1 aromatic carbocycles. The van der Waals surface area contributed by atoms with Gasteiger partial charge in [0.05, 0.1) is 18.6 Å². The van der Waals surface area contributed by atoms with Crippen molar-refractivity contribution in [3.8, 4) is 23.4 Å². The molecule has 1 fully saturated rings. The van der Waals surface area contributed by atoms with E-state index in [1.54, 1.807) is 24.7 Å². The summed E-state index contributed by atoms with van der Waals surface area (Å²) < 4.78 is 13.1. The van der Waals surface area contributed by atoms with Crippen LogP contribution in [0.5, 0.6) is 0 Å². The molecule has 1 amide bonds. The Morgan fingerprint density at radius 3 is 2.68 bits per heavy atom. The molecular formula is C25H24N6O3. The lowest BCUT2D eigenvalue weighted by atomic mass is 9.95. The number of amides is 1. The minimum Gasteiger partial charge on any atom is -0.459 e. The number of piperidine rings is 1. The molecule has 1 atom stereocenters. The van der Waals surface area contributed by atoms with Gasteiger partial charge < -0.3 is 23.6 Å². The second-order valence-electron chi connectivity index (χ2n) is 8.31. The lowest BCUT2D eigenvalue weighted by Gasteiger charge is -2.31. The number of nitrogens with zero attached hydrogens (tertiary/aromatic N) is 5. The Bertz CT molecular complexity index is 1280. The van der Waals surface area contributed by atoms with Crippen molar-refractivity contribution < 1.29 is 13.6 Å². The zero-order valence-corrected chi connectivity index (χ0v) is 18.7. The largest absolute Gasteiger partial charge is 0.459 e. The number of anilines is 1. The lowest BCUT2D eigenvalue weighted by Crippen LogP contribution is -2.41. The fourth-order valence-electron chi connectivity index (χ4n) is 4.21. The van der Waals surface area contributed by atoms with Crippen molar-refractivity contribution in [3.05, 3.63) is 72.6 Å². The number of nitriles is 1. The second-order valence-corrected chi connectivity index (χ2v) is 8.31. The molecule has 1 N–H and O–H groups in total. The summed E-state index contributed by atoms with van der Waals surface area (Å²) in [7, 11) is 0. The summed E-state index contributed by atoms with van der Waals surface area (Å²) in [5.74, 6) is 1.13. The van der Waals surface area contributed by atoms with Gasteiger partial charge in [-0.05, 0) is 49.6 Å². The van der Waals surface area contributed by atoms with E-state index < -0.39 is 0 Å². The average molecular weight is 457 g/mol. The van der Waals surface area contributed by atoms with Gasteiger partial charge in [0.1, 0.15) is 6.07 Å². The SMILES string of the molecule is CC(NC(=O)C1CCN(c2oc(-c3ccco3)nc2C#N)CC1)c1ccc(-n2ccnc2)cc1. The molecule has 3 aromatic heterocycles. The van der Waals surface area contributed by atoms with Crippen LogP contribution >= 0.6 is 0 Å². The highest BCUT2D eigenvalue weighted by atomic mass is 16.4. The first-order chi connectivity index (χ1) is 16.6. The normalized spacial score (nSPS) is 15.1. The number of carbonyl (C=O) groups is 1. The van der Waals surface area contributed by atoms with Crippen LogP contribution in [-0.4, -0.2) is 33.5 Å². The van der Waals surface area contributed by atoms with Crippen LogP contribution in [0.15, 0.2) is 70.2 Å². The number of rotatable bonds is 6. The second kappa shape index (κ2) is 9.27. The Hall–Kier alpha value is -4.32. The quantitative estimate of drug-likeness (QED) is 0.465. The molecule has 0 bridgehead atoms. The molecule has 172 valence electrons. The zero-order chi connectivity index (χ0) is 23.5. The molecule has 1 aliphatic heterocycles. The maximum atomic E-state index is 12.9. The van der Waals surface area contributed by atoms with Crippen molar-refractivity contribution in [2.45, 2.75) is 25.8 Å². The third kappa shape index (κ3) is 4.30. The number of aromatic nitrogens is 3. The van der Waals surface area contributed by atoms with E-state index in [0.717, 1.165) is 11.3 Å². The van der Waals surface area contributed by atoms with E-state index in [9.17, 15) is 10.1 Å². The summed E-state index contributed by atoms with van der Waals surface area (Å²) in [5, 5.41) is 12.6. The van der Waals surface area contributed by atoms with Crippen molar-refractivity contribution in [2.75, 3.05) is 18.0 Å². The first-order valence-electron chi connectivity index (χ1n) is 11.2. The Balaban J connectivity index is 1.18. The summed E-state index contributed by atoms with van der Waals surface area (Å²) >= 11 is 0. The van der Waals surface area contributed by atoms with Gasteiger partial charge in [-0.3, -0.25) is 4.79 Å². The topological polar surface area (TPSA) is 113 Å². The van der Waals surface area contributed by atoms with E-state index in [4.69, 9.17) is 8.83 Å². The lowest BCUT2D eigenvalue weighted by molar-refractivity contribution is -0.126. The summed E-state index contributed by atoms with van der Waals surface area (Å²) in [4.78, 5) is 23.2. The Kier molecular flexibility index (Phi) is 5.87. The number of hydrogen-bond acceptors (Lipinski definition) is 7. The monoisotopic (exact) mass is 456 g/mol. The Labute approximate surface area is 196 Å². The van der Waals surface area contributed by atoms with Crippen molar-refractivity contribution in [3.63, 3.8) is 0 Å². The minimum atomic E-state index is -0.0994. The highest BCUT2D eigenvalue weighted by Crippen LogP contribution is 2.31. The van der Waals surface area contributed by atoms with E-state index in [2.05, 4.69) is 21.4 Å². The zero-order valence-electron chi connectivity index (χ0n) is 18.7. The van der Waals surface area contributed by atoms with Crippen LogP contribution < -0.4 is 10.2 Å². The molecular weight excluding hydrogens is 432 g/mol. The van der Waals surface area contributed by atoms with E-state index in [1.165, 1.54) is 6.26 Å².